The van der Waals surface area contributed by atoms with Crippen LogP contribution < -0.4 is 5.32 Å². The molecule has 1 unspecified atom stereocenters. The summed E-state index contributed by atoms with van der Waals surface area (Å²) in [4.78, 5) is 2.27. The highest BCUT2D eigenvalue weighted by atomic mass is 19.1. The zero-order valence-electron chi connectivity index (χ0n) is 11.5. The fourth-order valence-electron chi connectivity index (χ4n) is 2.67. The van der Waals surface area contributed by atoms with Gasteiger partial charge in [0.25, 0.3) is 0 Å². The summed E-state index contributed by atoms with van der Waals surface area (Å²) in [5, 5.41) is 13.2. The van der Waals surface area contributed by atoms with Gasteiger partial charge in [-0.05, 0) is 56.6 Å². The molecule has 1 aromatic carbocycles. The Bertz CT molecular complexity index is 405. The van der Waals surface area contributed by atoms with Gasteiger partial charge in [-0.15, -0.1) is 0 Å². The smallest absolute Gasteiger partial charge is 0.123 e. The fraction of sp³-hybridized carbons (Fsp3) is 0.600. The Morgan fingerprint density at radius 1 is 1.47 bits per heavy atom. The molecule has 2 N–H and O–H groups in total. The summed E-state index contributed by atoms with van der Waals surface area (Å²) >= 11 is 0. The quantitative estimate of drug-likeness (QED) is 0.859. The van der Waals surface area contributed by atoms with Gasteiger partial charge in [0.05, 0.1) is 0 Å². The van der Waals surface area contributed by atoms with Crippen LogP contribution in [-0.2, 0) is 6.54 Å². The van der Waals surface area contributed by atoms with Crippen LogP contribution in [-0.4, -0.2) is 36.2 Å². The van der Waals surface area contributed by atoms with Crippen LogP contribution in [0.5, 0.6) is 5.75 Å². The molecule has 1 aromatic rings. The zero-order valence-corrected chi connectivity index (χ0v) is 11.5. The molecule has 3 nitrogen and oxygen atoms in total. The van der Waals surface area contributed by atoms with Crippen LogP contribution in [0.15, 0.2) is 18.2 Å². The van der Waals surface area contributed by atoms with Crippen molar-refractivity contribution in [3.05, 3.63) is 29.6 Å². The number of aromatic hydroxyl groups is 1. The summed E-state index contributed by atoms with van der Waals surface area (Å²) in [6.07, 6.45) is 2.48. The topological polar surface area (TPSA) is 35.5 Å². The lowest BCUT2D eigenvalue weighted by Crippen LogP contribution is -2.38. The van der Waals surface area contributed by atoms with Crippen LogP contribution >= 0.6 is 0 Å². The second kappa shape index (κ2) is 6.87. The van der Waals surface area contributed by atoms with E-state index in [2.05, 4.69) is 17.1 Å². The summed E-state index contributed by atoms with van der Waals surface area (Å²) in [6.45, 7) is 6.80. The predicted octanol–water partition coefficient (Wildman–Crippen LogP) is 2.35. The molecule has 2 rings (SSSR count). The maximum absolute atomic E-state index is 13.2. The molecule has 0 spiro atoms. The number of nitrogens with zero attached hydrogens (tertiary/aromatic N) is 1. The minimum Gasteiger partial charge on any atom is -0.508 e. The van der Waals surface area contributed by atoms with Crippen LogP contribution in [0.3, 0.4) is 0 Å². The molecule has 1 atom stereocenters. The average Bonchev–Trinajstić information content (AvgIpc) is 2.43. The van der Waals surface area contributed by atoms with Crippen molar-refractivity contribution in [1.29, 1.82) is 0 Å². The highest BCUT2D eigenvalue weighted by molar-refractivity contribution is 5.32. The summed E-state index contributed by atoms with van der Waals surface area (Å²) in [5.41, 5.74) is 0.672. The first-order valence-electron chi connectivity index (χ1n) is 7.09. The Hall–Kier alpha value is -1.13. The number of phenols is 1. The number of halogens is 1. The third-order valence-electron chi connectivity index (χ3n) is 3.80. The van der Waals surface area contributed by atoms with Gasteiger partial charge in [-0.25, -0.2) is 4.39 Å². The third kappa shape index (κ3) is 4.18. The molecule has 0 aliphatic carbocycles. The lowest BCUT2D eigenvalue weighted by Gasteiger charge is -2.29. The molecular formula is C15H23FN2O. The largest absolute Gasteiger partial charge is 0.508 e. The molecule has 1 aliphatic rings. The third-order valence-corrected chi connectivity index (χ3v) is 3.80. The first-order chi connectivity index (χ1) is 9.19. The van der Waals surface area contributed by atoms with Gasteiger partial charge in [-0.3, -0.25) is 4.90 Å². The van der Waals surface area contributed by atoms with E-state index in [9.17, 15) is 9.50 Å². The fourth-order valence-corrected chi connectivity index (χ4v) is 2.67. The predicted molar refractivity (Wildman–Crippen MR) is 74.6 cm³/mol. The molecule has 0 radical (unpaired) electrons. The minimum atomic E-state index is -0.289. The van der Waals surface area contributed by atoms with Crippen molar-refractivity contribution in [2.24, 2.45) is 5.92 Å². The van der Waals surface area contributed by atoms with Crippen molar-refractivity contribution in [2.45, 2.75) is 26.3 Å². The van der Waals surface area contributed by atoms with Crippen molar-refractivity contribution in [1.82, 2.24) is 10.2 Å². The monoisotopic (exact) mass is 266 g/mol. The summed E-state index contributed by atoms with van der Waals surface area (Å²) in [6, 6.07) is 4.15. The lowest BCUT2D eigenvalue weighted by molar-refractivity contribution is 0.207. The second-order valence-corrected chi connectivity index (χ2v) is 5.31. The Kier molecular flexibility index (Phi) is 5.16. The van der Waals surface area contributed by atoms with Gasteiger partial charge in [0, 0.05) is 18.7 Å². The lowest BCUT2D eigenvalue weighted by atomic mass is 9.99. The number of nitrogens with one attached hydrogen (secondary N) is 1. The van der Waals surface area contributed by atoms with Gasteiger partial charge in [0.15, 0.2) is 0 Å². The molecule has 19 heavy (non-hydrogen) atoms. The molecule has 0 bridgehead atoms. The van der Waals surface area contributed by atoms with Gasteiger partial charge >= 0.3 is 0 Å². The van der Waals surface area contributed by atoms with E-state index in [0.29, 0.717) is 18.0 Å². The highest BCUT2D eigenvalue weighted by Gasteiger charge is 2.17. The van der Waals surface area contributed by atoms with E-state index in [-0.39, 0.29) is 11.6 Å². The molecule has 1 fully saturated rings. The first-order valence-corrected chi connectivity index (χ1v) is 7.09. The molecule has 1 heterocycles. The maximum atomic E-state index is 13.2. The van der Waals surface area contributed by atoms with E-state index in [0.717, 1.165) is 26.2 Å². The maximum Gasteiger partial charge on any atom is 0.123 e. The Balaban J connectivity index is 1.95. The highest BCUT2D eigenvalue weighted by Crippen LogP contribution is 2.21. The summed E-state index contributed by atoms with van der Waals surface area (Å²) in [7, 11) is 0. The molecule has 0 aromatic heterocycles. The van der Waals surface area contributed by atoms with E-state index in [1.54, 1.807) is 0 Å². The number of piperidine rings is 1. The van der Waals surface area contributed by atoms with Gasteiger partial charge in [-0.2, -0.15) is 0 Å². The van der Waals surface area contributed by atoms with Crippen molar-refractivity contribution in [3.8, 4) is 5.75 Å². The Labute approximate surface area is 114 Å². The number of hydrogen-bond acceptors (Lipinski definition) is 3. The molecule has 1 saturated heterocycles. The van der Waals surface area contributed by atoms with Gasteiger partial charge in [-0.1, -0.05) is 6.92 Å². The molecule has 4 heteroatoms. The van der Waals surface area contributed by atoms with Crippen LogP contribution in [0.25, 0.3) is 0 Å². The van der Waals surface area contributed by atoms with Crippen LogP contribution in [0.2, 0.25) is 0 Å². The average molecular weight is 266 g/mol. The van der Waals surface area contributed by atoms with Crippen molar-refractivity contribution in [2.75, 3.05) is 26.2 Å². The summed E-state index contributed by atoms with van der Waals surface area (Å²) < 4.78 is 13.2. The van der Waals surface area contributed by atoms with E-state index >= 15 is 0 Å². The standard InChI is InChI=1S/C15H23FN2O/c1-2-18(10-12-4-3-7-17-9-12)11-13-8-14(16)5-6-15(13)19/h5-6,8,12,17,19H,2-4,7,9-11H2,1H3. The molecule has 0 amide bonds. The molecule has 106 valence electrons. The van der Waals surface area contributed by atoms with Gasteiger partial charge in [0.2, 0.25) is 0 Å². The van der Waals surface area contributed by atoms with Crippen molar-refractivity contribution in [3.63, 3.8) is 0 Å². The Morgan fingerprint density at radius 3 is 3.00 bits per heavy atom. The number of hydrogen-bond donors (Lipinski definition) is 2. The molecular weight excluding hydrogens is 243 g/mol. The zero-order chi connectivity index (χ0) is 13.7. The molecule has 1 aliphatic heterocycles. The second-order valence-electron chi connectivity index (χ2n) is 5.31. The van der Waals surface area contributed by atoms with E-state index < -0.39 is 0 Å². The van der Waals surface area contributed by atoms with E-state index in [1.165, 1.54) is 31.0 Å². The molecule has 0 saturated carbocycles. The van der Waals surface area contributed by atoms with Crippen LogP contribution in [0.1, 0.15) is 25.3 Å². The normalized spacial score (nSPS) is 19.8. The summed E-state index contributed by atoms with van der Waals surface area (Å²) in [5.74, 6) is 0.550. The van der Waals surface area contributed by atoms with Crippen LogP contribution in [0, 0.1) is 11.7 Å². The van der Waals surface area contributed by atoms with Gasteiger partial charge in [0.1, 0.15) is 11.6 Å². The van der Waals surface area contributed by atoms with Gasteiger partial charge < -0.3 is 10.4 Å². The SMILES string of the molecule is CCN(Cc1cc(F)ccc1O)CC1CCCNC1. The van der Waals surface area contributed by atoms with Crippen molar-refractivity contribution < 1.29 is 9.50 Å². The van der Waals surface area contributed by atoms with Crippen LogP contribution in [0.4, 0.5) is 4.39 Å². The van der Waals surface area contributed by atoms with E-state index in [1.807, 2.05) is 0 Å². The number of benzene rings is 1. The Morgan fingerprint density at radius 2 is 2.32 bits per heavy atom. The minimum absolute atomic E-state index is 0.182. The number of rotatable bonds is 5. The first kappa shape index (κ1) is 14.3. The van der Waals surface area contributed by atoms with E-state index in [4.69, 9.17) is 0 Å². The number of phenolic OH excluding ortho intramolecular Hbond substituents is 1. The van der Waals surface area contributed by atoms with Crippen molar-refractivity contribution >= 4 is 0 Å².